The van der Waals surface area contributed by atoms with Crippen LogP contribution in [0.1, 0.15) is 23.2 Å². The Bertz CT molecular complexity index is 1360. The first-order valence-corrected chi connectivity index (χ1v) is 11.7. The molecule has 0 amide bonds. The predicted octanol–water partition coefficient (Wildman–Crippen LogP) is 7.29. The number of nitrogens with zero attached hydrogens (tertiary/aromatic N) is 3. The van der Waals surface area contributed by atoms with E-state index in [0.717, 1.165) is 17.0 Å². The van der Waals surface area contributed by atoms with Gasteiger partial charge in [0.2, 0.25) is 0 Å². The fourth-order valence-electron chi connectivity index (χ4n) is 4.28. The maximum Gasteiger partial charge on any atom is 0.163 e. The van der Waals surface area contributed by atoms with Crippen LogP contribution >= 0.6 is 23.4 Å². The first kappa shape index (κ1) is 19.5. The predicted molar refractivity (Wildman–Crippen MR) is 131 cm³/mol. The number of thioether (sulfide) groups is 1. The molecule has 1 aromatic heterocycles. The number of allylic oxidation sites excluding steroid dienone is 4. The fourth-order valence-corrected chi connectivity index (χ4v) is 5.67. The highest BCUT2D eigenvalue weighted by Crippen LogP contribution is 2.55. The van der Waals surface area contributed by atoms with E-state index in [1.165, 1.54) is 15.4 Å². The maximum absolute atomic E-state index is 6.12. The quantitative estimate of drug-likeness (QED) is 0.328. The molecule has 0 N–H and O–H groups in total. The molecule has 154 valence electrons. The lowest BCUT2D eigenvalue weighted by molar-refractivity contribution is 0.670. The van der Waals surface area contributed by atoms with Crippen molar-refractivity contribution in [1.82, 2.24) is 15.0 Å². The van der Waals surface area contributed by atoms with E-state index in [1.807, 2.05) is 66.4 Å². The van der Waals surface area contributed by atoms with Gasteiger partial charge in [-0.05, 0) is 40.8 Å². The average molecular weight is 452 g/mol. The summed E-state index contributed by atoms with van der Waals surface area (Å²) in [7, 11) is 0. The Morgan fingerprint density at radius 3 is 2.19 bits per heavy atom. The minimum atomic E-state index is 0.0441. The van der Waals surface area contributed by atoms with Crippen LogP contribution in [0.25, 0.3) is 22.8 Å². The lowest BCUT2D eigenvalue weighted by Gasteiger charge is -2.24. The summed E-state index contributed by atoms with van der Waals surface area (Å²) >= 11 is 7.96. The van der Waals surface area contributed by atoms with Gasteiger partial charge >= 0.3 is 0 Å². The standard InChI is InChI=1S/C27H18ClN3S/c28-19-15-13-18(14-16-19)26-29-25(17-7-2-1-3-8-17)30-27(31-26)21-10-6-12-23-24(21)20-9-4-5-11-22(20)32-23/h1-16,21,24H. The smallest absolute Gasteiger partial charge is 0.163 e. The molecule has 5 heteroatoms. The molecular weight excluding hydrogens is 434 g/mol. The number of halogens is 1. The molecule has 2 atom stereocenters. The van der Waals surface area contributed by atoms with E-state index in [1.54, 1.807) is 0 Å². The van der Waals surface area contributed by atoms with Gasteiger partial charge in [-0.3, -0.25) is 0 Å². The molecule has 4 aromatic rings. The third-order valence-electron chi connectivity index (χ3n) is 5.81. The SMILES string of the molecule is Clc1ccc(-c2nc(-c3ccccc3)nc(C3C=CC=C4Sc5ccccc5C43)n2)cc1. The molecule has 1 aliphatic heterocycles. The van der Waals surface area contributed by atoms with E-state index < -0.39 is 0 Å². The number of rotatable bonds is 3. The van der Waals surface area contributed by atoms with E-state index in [9.17, 15) is 0 Å². The van der Waals surface area contributed by atoms with E-state index in [4.69, 9.17) is 26.6 Å². The average Bonchev–Trinajstić information content (AvgIpc) is 3.24. The van der Waals surface area contributed by atoms with Crippen molar-refractivity contribution in [3.05, 3.63) is 118 Å². The third-order valence-corrected chi connectivity index (χ3v) is 7.28. The molecule has 0 bridgehead atoms. The van der Waals surface area contributed by atoms with Gasteiger partial charge in [0.15, 0.2) is 11.6 Å². The molecule has 0 radical (unpaired) electrons. The van der Waals surface area contributed by atoms with Crippen molar-refractivity contribution in [3.63, 3.8) is 0 Å². The second-order valence-corrected chi connectivity index (χ2v) is 9.36. The zero-order chi connectivity index (χ0) is 21.5. The van der Waals surface area contributed by atoms with Crippen LogP contribution in [0.5, 0.6) is 0 Å². The molecule has 2 aliphatic rings. The van der Waals surface area contributed by atoms with Gasteiger partial charge in [-0.1, -0.05) is 90.1 Å². The highest BCUT2D eigenvalue weighted by atomic mass is 35.5. The van der Waals surface area contributed by atoms with Gasteiger partial charge in [0.1, 0.15) is 5.82 Å². The van der Waals surface area contributed by atoms with Gasteiger partial charge < -0.3 is 0 Å². The Morgan fingerprint density at radius 2 is 1.41 bits per heavy atom. The molecule has 1 aliphatic carbocycles. The Kier molecular flexibility index (Phi) is 4.90. The number of hydrogen-bond donors (Lipinski definition) is 0. The normalized spacial score (nSPS) is 18.7. The van der Waals surface area contributed by atoms with E-state index in [0.29, 0.717) is 16.7 Å². The largest absolute Gasteiger partial charge is 0.212 e. The molecule has 0 saturated heterocycles. The Balaban J connectivity index is 1.51. The summed E-state index contributed by atoms with van der Waals surface area (Å²) in [5.74, 6) is 2.40. The highest BCUT2D eigenvalue weighted by molar-refractivity contribution is 8.03. The lowest BCUT2D eigenvalue weighted by Crippen LogP contribution is -2.15. The van der Waals surface area contributed by atoms with Crippen molar-refractivity contribution in [2.75, 3.05) is 0 Å². The zero-order valence-corrected chi connectivity index (χ0v) is 18.6. The third kappa shape index (κ3) is 3.46. The molecule has 2 heterocycles. The number of fused-ring (bicyclic) bond motifs is 3. The van der Waals surface area contributed by atoms with Gasteiger partial charge in [-0.25, -0.2) is 15.0 Å². The van der Waals surface area contributed by atoms with Crippen LogP contribution in [0.4, 0.5) is 0 Å². The van der Waals surface area contributed by atoms with Gasteiger partial charge in [0.05, 0.1) is 0 Å². The van der Waals surface area contributed by atoms with Crippen molar-refractivity contribution in [2.24, 2.45) is 0 Å². The van der Waals surface area contributed by atoms with E-state index in [-0.39, 0.29) is 11.8 Å². The van der Waals surface area contributed by atoms with Crippen molar-refractivity contribution in [3.8, 4) is 22.8 Å². The summed E-state index contributed by atoms with van der Waals surface area (Å²) in [6.45, 7) is 0. The van der Waals surface area contributed by atoms with Crippen LogP contribution in [-0.4, -0.2) is 15.0 Å². The Hall–Kier alpha value is -3.21. The van der Waals surface area contributed by atoms with E-state index >= 15 is 0 Å². The number of hydrogen-bond acceptors (Lipinski definition) is 4. The topological polar surface area (TPSA) is 38.7 Å². The molecule has 32 heavy (non-hydrogen) atoms. The summed E-state index contributed by atoms with van der Waals surface area (Å²) < 4.78 is 0. The summed E-state index contributed by atoms with van der Waals surface area (Å²) in [6, 6.07) is 26.4. The molecule has 0 spiro atoms. The molecule has 0 saturated carbocycles. The number of benzene rings is 3. The zero-order valence-electron chi connectivity index (χ0n) is 17.0. The fraction of sp³-hybridized carbons (Fsp3) is 0.0741. The monoisotopic (exact) mass is 451 g/mol. The summed E-state index contributed by atoms with van der Waals surface area (Å²) in [6.07, 6.45) is 6.56. The lowest BCUT2D eigenvalue weighted by atomic mass is 9.82. The minimum Gasteiger partial charge on any atom is -0.212 e. The van der Waals surface area contributed by atoms with Crippen LogP contribution in [0.3, 0.4) is 0 Å². The first-order valence-electron chi connectivity index (χ1n) is 10.5. The van der Waals surface area contributed by atoms with Crippen LogP contribution in [0.15, 0.2) is 107 Å². The van der Waals surface area contributed by atoms with Crippen LogP contribution < -0.4 is 0 Å². The Morgan fingerprint density at radius 1 is 0.719 bits per heavy atom. The van der Waals surface area contributed by atoms with Crippen LogP contribution in [0.2, 0.25) is 5.02 Å². The van der Waals surface area contributed by atoms with Crippen molar-refractivity contribution < 1.29 is 0 Å². The summed E-state index contributed by atoms with van der Waals surface area (Å²) in [4.78, 5) is 17.4. The minimum absolute atomic E-state index is 0.0441. The molecule has 2 unspecified atom stereocenters. The van der Waals surface area contributed by atoms with Crippen molar-refractivity contribution >= 4 is 23.4 Å². The molecule has 6 rings (SSSR count). The number of aromatic nitrogens is 3. The van der Waals surface area contributed by atoms with Gasteiger partial charge in [0, 0.05) is 32.9 Å². The van der Waals surface area contributed by atoms with Gasteiger partial charge in [-0.15, -0.1) is 0 Å². The first-order chi connectivity index (χ1) is 15.8. The van der Waals surface area contributed by atoms with Crippen molar-refractivity contribution in [2.45, 2.75) is 16.7 Å². The molecular formula is C27H18ClN3S. The summed E-state index contributed by atoms with van der Waals surface area (Å²) in [5.41, 5.74) is 3.24. The second kappa shape index (κ2) is 8.05. The van der Waals surface area contributed by atoms with E-state index in [2.05, 4.69) is 42.5 Å². The van der Waals surface area contributed by atoms with Gasteiger partial charge in [0.25, 0.3) is 0 Å². The van der Waals surface area contributed by atoms with Gasteiger partial charge in [-0.2, -0.15) is 0 Å². The molecule has 3 nitrogen and oxygen atoms in total. The highest BCUT2D eigenvalue weighted by Gasteiger charge is 2.37. The second-order valence-electron chi connectivity index (χ2n) is 7.81. The molecule has 0 fully saturated rings. The van der Waals surface area contributed by atoms with Crippen LogP contribution in [-0.2, 0) is 0 Å². The van der Waals surface area contributed by atoms with Crippen molar-refractivity contribution in [1.29, 1.82) is 0 Å². The Labute approximate surface area is 195 Å². The maximum atomic E-state index is 6.12. The van der Waals surface area contributed by atoms with Crippen LogP contribution in [0, 0.1) is 0 Å². The molecule has 3 aromatic carbocycles. The summed E-state index contributed by atoms with van der Waals surface area (Å²) in [5, 5.41) is 0.691.